The third-order valence-corrected chi connectivity index (χ3v) is 2.73. The SMILES string of the molecule is C/C=C(\C=C/C(C)=C(C)CC)C(C)(C)O. The van der Waals surface area contributed by atoms with Gasteiger partial charge in [0, 0.05) is 0 Å². The van der Waals surface area contributed by atoms with E-state index in [-0.39, 0.29) is 0 Å². The van der Waals surface area contributed by atoms with Crippen LogP contribution < -0.4 is 0 Å². The fourth-order valence-corrected chi connectivity index (χ4v) is 1.29. The van der Waals surface area contributed by atoms with E-state index in [2.05, 4.69) is 26.8 Å². The summed E-state index contributed by atoms with van der Waals surface area (Å²) in [6.45, 7) is 11.9. The van der Waals surface area contributed by atoms with Crippen LogP contribution >= 0.6 is 0 Å². The first-order valence-corrected chi connectivity index (χ1v) is 5.56. The van der Waals surface area contributed by atoms with Crippen molar-refractivity contribution in [3.8, 4) is 0 Å². The third-order valence-electron chi connectivity index (χ3n) is 2.73. The van der Waals surface area contributed by atoms with Gasteiger partial charge in [-0.25, -0.2) is 0 Å². The van der Waals surface area contributed by atoms with Crippen LogP contribution in [0.3, 0.4) is 0 Å². The average molecular weight is 208 g/mol. The van der Waals surface area contributed by atoms with Gasteiger partial charge in [0.05, 0.1) is 5.60 Å². The molecule has 0 saturated carbocycles. The number of aliphatic hydroxyl groups is 1. The summed E-state index contributed by atoms with van der Waals surface area (Å²) in [4.78, 5) is 0. The molecule has 0 aliphatic rings. The topological polar surface area (TPSA) is 20.2 Å². The van der Waals surface area contributed by atoms with Crippen molar-refractivity contribution in [2.24, 2.45) is 0 Å². The van der Waals surface area contributed by atoms with Gasteiger partial charge in [0.25, 0.3) is 0 Å². The van der Waals surface area contributed by atoms with Crippen LogP contribution in [0.5, 0.6) is 0 Å². The van der Waals surface area contributed by atoms with E-state index in [0.717, 1.165) is 12.0 Å². The molecule has 0 fully saturated rings. The minimum Gasteiger partial charge on any atom is -0.386 e. The van der Waals surface area contributed by atoms with Crippen molar-refractivity contribution in [1.82, 2.24) is 0 Å². The van der Waals surface area contributed by atoms with Gasteiger partial charge < -0.3 is 5.11 Å². The molecule has 0 saturated heterocycles. The van der Waals surface area contributed by atoms with Crippen molar-refractivity contribution in [1.29, 1.82) is 0 Å². The Morgan fingerprint density at radius 3 is 2.07 bits per heavy atom. The molecule has 0 radical (unpaired) electrons. The van der Waals surface area contributed by atoms with Crippen molar-refractivity contribution < 1.29 is 5.11 Å². The standard InChI is InChI=1S/C14H24O/c1-7-11(3)12(4)9-10-13(8-2)14(5,6)15/h8-10,15H,7H2,1-6H3/b10-9-,12-11?,13-8+. The number of rotatable bonds is 4. The van der Waals surface area contributed by atoms with E-state index in [1.54, 1.807) is 13.8 Å². The zero-order chi connectivity index (χ0) is 12.1. The minimum atomic E-state index is -0.758. The predicted molar refractivity (Wildman–Crippen MR) is 67.9 cm³/mol. The first-order valence-electron chi connectivity index (χ1n) is 5.56. The van der Waals surface area contributed by atoms with Crippen LogP contribution in [0.25, 0.3) is 0 Å². The van der Waals surface area contributed by atoms with Crippen LogP contribution in [-0.4, -0.2) is 10.7 Å². The molecule has 0 aliphatic carbocycles. The van der Waals surface area contributed by atoms with Gasteiger partial charge in [0.2, 0.25) is 0 Å². The fraction of sp³-hybridized carbons (Fsp3) is 0.571. The summed E-state index contributed by atoms with van der Waals surface area (Å²) in [6.07, 6.45) is 7.09. The summed E-state index contributed by atoms with van der Waals surface area (Å²) in [7, 11) is 0. The van der Waals surface area contributed by atoms with E-state index in [4.69, 9.17) is 0 Å². The van der Waals surface area contributed by atoms with Crippen LogP contribution in [0.1, 0.15) is 48.0 Å². The zero-order valence-corrected chi connectivity index (χ0v) is 10.9. The van der Waals surface area contributed by atoms with E-state index >= 15 is 0 Å². The van der Waals surface area contributed by atoms with Gasteiger partial charge in [0.15, 0.2) is 0 Å². The number of hydrogen-bond donors (Lipinski definition) is 1. The average Bonchev–Trinajstić information content (AvgIpc) is 2.15. The molecule has 0 aromatic heterocycles. The molecule has 86 valence electrons. The Balaban J connectivity index is 4.81. The van der Waals surface area contributed by atoms with Crippen LogP contribution in [0.4, 0.5) is 0 Å². The summed E-state index contributed by atoms with van der Waals surface area (Å²) >= 11 is 0. The maximum absolute atomic E-state index is 9.85. The Morgan fingerprint density at radius 2 is 1.73 bits per heavy atom. The van der Waals surface area contributed by atoms with Crippen LogP contribution in [0.15, 0.2) is 34.9 Å². The van der Waals surface area contributed by atoms with E-state index in [9.17, 15) is 5.11 Å². The molecule has 0 aromatic carbocycles. The van der Waals surface area contributed by atoms with Gasteiger partial charge >= 0.3 is 0 Å². The second kappa shape index (κ2) is 5.92. The first kappa shape index (κ1) is 14.2. The highest BCUT2D eigenvalue weighted by Crippen LogP contribution is 2.18. The lowest BCUT2D eigenvalue weighted by Crippen LogP contribution is -2.20. The van der Waals surface area contributed by atoms with E-state index in [0.29, 0.717) is 0 Å². The van der Waals surface area contributed by atoms with Gasteiger partial charge in [-0.2, -0.15) is 0 Å². The van der Waals surface area contributed by atoms with Crippen LogP contribution in [-0.2, 0) is 0 Å². The third kappa shape index (κ3) is 4.98. The summed E-state index contributed by atoms with van der Waals surface area (Å²) in [5, 5.41) is 9.85. The van der Waals surface area contributed by atoms with E-state index in [1.807, 2.05) is 19.1 Å². The molecule has 0 unspecified atom stereocenters. The molecule has 0 spiro atoms. The molecule has 0 amide bonds. The lowest BCUT2D eigenvalue weighted by molar-refractivity contribution is 0.123. The molecular formula is C14H24O. The predicted octanol–water partition coefficient (Wildman–Crippen LogP) is 4.01. The molecule has 0 atom stereocenters. The monoisotopic (exact) mass is 208 g/mol. The molecule has 0 rings (SSSR count). The molecule has 0 aliphatic heterocycles. The zero-order valence-electron chi connectivity index (χ0n) is 10.9. The van der Waals surface area contributed by atoms with Gasteiger partial charge in [-0.1, -0.05) is 36.3 Å². The second-order valence-electron chi connectivity index (χ2n) is 4.45. The summed E-state index contributed by atoms with van der Waals surface area (Å²) in [5.41, 5.74) is 2.86. The second-order valence-corrected chi connectivity index (χ2v) is 4.45. The first-order chi connectivity index (χ1) is 6.82. The summed E-state index contributed by atoms with van der Waals surface area (Å²) in [6, 6.07) is 0. The maximum atomic E-state index is 9.85. The Kier molecular flexibility index (Phi) is 5.59. The normalized spacial score (nSPS) is 15.8. The molecular weight excluding hydrogens is 184 g/mol. The Hall–Kier alpha value is -0.820. The molecule has 0 heterocycles. The Bertz CT molecular complexity index is 285. The van der Waals surface area contributed by atoms with Crippen molar-refractivity contribution >= 4 is 0 Å². The number of hydrogen-bond acceptors (Lipinski definition) is 1. The Labute approximate surface area is 94.2 Å². The number of allylic oxidation sites excluding steroid dienone is 4. The molecule has 15 heavy (non-hydrogen) atoms. The van der Waals surface area contributed by atoms with Gasteiger partial charge in [0.1, 0.15) is 0 Å². The quantitative estimate of drug-likeness (QED) is 0.692. The molecule has 1 nitrogen and oxygen atoms in total. The molecule has 1 N–H and O–H groups in total. The van der Waals surface area contributed by atoms with Crippen molar-refractivity contribution in [2.75, 3.05) is 0 Å². The van der Waals surface area contributed by atoms with Gasteiger partial charge in [-0.15, -0.1) is 0 Å². The summed E-state index contributed by atoms with van der Waals surface area (Å²) in [5.74, 6) is 0. The van der Waals surface area contributed by atoms with E-state index < -0.39 is 5.60 Å². The van der Waals surface area contributed by atoms with Crippen LogP contribution in [0.2, 0.25) is 0 Å². The van der Waals surface area contributed by atoms with Crippen molar-refractivity contribution in [3.63, 3.8) is 0 Å². The minimum absolute atomic E-state index is 0.758. The highest BCUT2D eigenvalue weighted by Gasteiger charge is 2.15. The molecule has 1 heteroatoms. The molecule has 0 aromatic rings. The van der Waals surface area contributed by atoms with Crippen molar-refractivity contribution in [3.05, 3.63) is 34.9 Å². The van der Waals surface area contributed by atoms with Gasteiger partial charge in [-0.3, -0.25) is 0 Å². The Morgan fingerprint density at radius 1 is 1.20 bits per heavy atom. The summed E-state index contributed by atoms with van der Waals surface area (Å²) < 4.78 is 0. The highest BCUT2D eigenvalue weighted by molar-refractivity contribution is 5.33. The van der Waals surface area contributed by atoms with Crippen LogP contribution in [0, 0.1) is 0 Å². The fourth-order valence-electron chi connectivity index (χ4n) is 1.29. The smallest absolute Gasteiger partial charge is 0.0837 e. The largest absolute Gasteiger partial charge is 0.386 e. The molecule has 0 bridgehead atoms. The van der Waals surface area contributed by atoms with Crippen molar-refractivity contribution in [2.45, 2.75) is 53.6 Å². The lowest BCUT2D eigenvalue weighted by atomic mass is 9.96. The lowest BCUT2D eigenvalue weighted by Gasteiger charge is -2.18. The van der Waals surface area contributed by atoms with E-state index in [1.165, 1.54) is 11.1 Å². The highest BCUT2D eigenvalue weighted by atomic mass is 16.3. The van der Waals surface area contributed by atoms with Gasteiger partial charge in [-0.05, 0) is 46.6 Å². The maximum Gasteiger partial charge on any atom is 0.0837 e.